The molecule has 0 aromatic heterocycles. The third kappa shape index (κ3) is 2.89. The molecule has 0 saturated carbocycles. The SMILES string of the molecule is CC1(c2ccc(Cl)cc2)CC(O)CCN1.Cl. The van der Waals surface area contributed by atoms with E-state index in [1.807, 2.05) is 24.3 Å². The Bertz CT molecular complexity index is 341. The standard InChI is InChI=1S/C12H16ClNO.ClH/c1-12(8-11(15)6-7-14-12)9-2-4-10(13)5-3-9;/h2-5,11,14-15H,6-8H2,1H3;1H. The first-order chi connectivity index (χ1) is 7.10. The van der Waals surface area contributed by atoms with Gasteiger partial charge in [-0.2, -0.15) is 0 Å². The van der Waals surface area contributed by atoms with Crippen LogP contribution in [-0.2, 0) is 5.54 Å². The van der Waals surface area contributed by atoms with Gasteiger partial charge in [-0.3, -0.25) is 0 Å². The van der Waals surface area contributed by atoms with Crippen LogP contribution in [0.1, 0.15) is 25.3 Å². The van der Waals surface area contributed by atoms with Crippen LogP contribution in [0.2, 0.25) is 5.02 Å². The Morgan fingerprint density at radius 1 is 1.38 bits per heavy atom. The van der Waals surface area contributed by atoms with Crippen LogP contribution in [0.5, 0.6) is 0 Å². The summed E-state index contributed by atoms with van der Waals surface area (Å²) in [5, 5.41) is 13.9. The van der Waals surface area contributed by atoms with Crippen molar-refractivity contribution in [2.24, 2.45) is 0 Å². The van der Waals surface area contributed by atoms with Gasteiger partial charge < -0.3 is 10.4 Å². The van der Waals surface area contributed by atoms with Gasteiger partial charge in [0.15, 0.2) is 0 Å². The molecule has 1 aliphatic rings. The maximum Gasteiger partial charge on any atom is 0.0573 e. The molecule has 4 heteroatoms. The van der Waals surface area contributed by atoms with Gasteiger partial charge >= 0.3 is 0 Å². The molecule has 0 spiro atoms. The molecule has 0 aliphatic carbocycles. The Morgan fingerprint density at radius 3 is 2.56 bits per heavy atom. The second kappa shape index (κ2) is 5.37. The van der Waals surface area contributed by atoms with E-state index in [9.17, 15) is 5.11 Å². The Labute approximate surface area is 107 Å². The van der Waals surface area contributed by atoms with Crippen LogP contribution < -0.4 is 5.32 Å². The minimum atomic E-state index is -0.202. The Kier molecular flexibility index (Phi) is 4.62. The third-order valence-corrected chi connectivity index (χ3v) is 3.37. The molecule has 1 fully saturated rings. The number of rotatable bonds is 1. The van der Waals surface area contributed by atoms with Crippen molar-refractivity contribution < 1.29 is 5.11 Å². The van der Waals surface area contributed by atoms with Crippen molar-refractivity contribution in [1.29, 1.82) is 0 Å². The molecule has 1 heterocycles. The zero-order valence-electron chi connectivity index (χ0n) is 9.24. The monoisotopic (exact) mass is 261 g/mol. The maximum absolute atomic E-state index is 9.69. The van der Waals surface area contributed by atoms with Gasteiger partial charge in [-0.05, 0) is 44.0 Å². The number of aliphatic hydroxyl groups excluding tert-OH is 1. The van der Waals surface area contributed by atoms with Crippen molar-refractivity contribution in [3.05, 3.63) is 34.9 Å². The summed E-state index contributed by atoms with van der Waals surface area (Å²) in [4.78, 5) is 0. The van der Waals surface area contributed by atoms with Crippen molar-refractivity contribution in [3.63, 3.8) is 0 Å². The van der Waals surface area contributed by atoms with Gasteiger partial charge in [0.2, 0.25) is 0 Å². The zero-order valence-corrected chi connectivity index (χ0v) is 10.8. The fourth-order valence-corrected chi connectivity index (χ4v) is 2.32. The van der Waals surface area contributed by atoms with E-state index >= 15 is 0 Å². The topological polar surface area (TPSA) is 32.3 Å². The van der Waals surface area contributed by atoms with Crippen LogP contribution in [0.4, 0.5) is 0 Å². The summed E-state index contributed by atoms with van der Waals surface area (Å²) in [5.74, 6) is 0. The molecule has 1 aliphatic heterocycles. The van der Waals surface area contributed by atoms with E-state index in [0.29, 0.717) is 0 Å². The summed E-state index contributed by atoms with van der Waals surface area (Å²) >= 11 is 5.85. The van der Waals surface area contributed by atoms with Crippen LogP contribution in [0.3, 0.4) is 0 Å². The van der Waals surface area contributed by atoms with Crippen LogP contribution in [0.15, 0.2) is 24.3 Å². The van der Waals surface area contributed by atoms with Gasteiger partial charge in [0, 0.05) is 10.6 Å². The number of halogens is 2. The largest absolute Gasteiger partial charge is 0.393 e. The number of nitrogens with one attached hydrogen (secondary N) is 1. The lowest BCUT2D eigenvalue weighted by Crippen LogP contribution is -2.47. The summed E-state index contributed by atoms with van der Waals surface area (Å²) in [6.45, 7) is 2.99. The van der Waals surface area contributed by atoms with E-state index in [1.165, 1.54) is 5.56 Å². The summed E-state index contributed by atoms with van der Waals surface area (Å²) in [5.41, 5.74) is 1.06. The van der Waals surface area contributed by atoms with Gasteiger partial charge in [-0.15, -0.1) is 12.4 Å². The second-order valence-electron chi connectivity index (χ2n) is 4.41. The van der Waals surface area contributed by atoms with Gasteiger partial charge in [0.25, 0.3) is 0 Å². The Balaban J connectivity index is 0.00000128. The van der Waals surface area contributed by atoms with E-state index in [0.717, 1.165) is 24.4 Å². The summed E-state index contributed by atoms with van der Waals surface area (Å²) in [6, 6.07) is 7.83. The van der Waals surface area contributed by atoms with Crippen LogP contribution >= 0.6 is 24.0 Å². The van der Waals surface area contributed by atoms with E-state index in [1.54, 1.807) is 0 Å². The van der Waals surface area contributed by atoms with Gasteiger partial charge in [0.05, 0.1) is 6.10 Å². The third-order valence-electron chi connectivity index (χ3n) is 3.12. The molecule has 2 nitrogen and oxygen atoms in total. The molecular formula is C12H17Cl2NO. The Hall–Kier alpha value is -0.280. The summed E-state index contributed by atoms with van der Waals surface area (Å²) in [7, 11) is 0. The molecule has 1 aromatic carbocycles. The normalized spacial score (nSPS) is 29.6. The highest BCUT2D eigenvalue weighted by Gasteiger charge is 2.32. The first-order valence-corrected chi connectivity index (χ1v) is 5.67. The summed E-state index contributed by atoms with van der Waals surface area (Å²) < 4.78 is 0. The van der Waals surface area contributed by atoms with E-state index in [4.69, 9.17) is 11.6 Å². The van der Waals surface area contributed by atoms with Crippen molar-refractivity contribution in [1.82, 2.24) is 5.32 Å². The molecule has 1 aromatic rings. The van der Waals surface area contributed by atoms with Gasteiger partial charge in [0.1, 0.15) is 0 Å². The van der Waals surface area contributed by atoms with Crippen LogP contribution in [0.25, 0.3) is 0 Å². The molecule has 2 rings (SSSR count). The van der Waals surface area contributed by atoms with Crippen molar-refractivity contribution in [2.45, 2.75) is 31.4 Å². The van der Waals surface area contributed by atoms with Crippen LogP contribution in [-0.4, -0.2) is 17.8 Å². The second-order valence-corrected chi connectivity index (χ2v) is 4.85. The number of aliphatic hydroxyl groups is 1. The van der Waals surface area contributed by atoms with Crippen molar-refractivity contribution in [2.75, 3.05) is 6.54 Å². The van der Waals surface area contributed by atoms with Gasteiger partial charge in [-0.1, -0.05) is 23.7 Å². The van der Waals surface area contributed by atoms with Crippen LogP contribution in [0, 0.1) is 0 Å². The average Bonchev–Trinajstić information content (AvgIpc) is 2.18. The minimum absolute atomic E-state index is 0. The molecule has 1 saturated heterocycles. The Morgan fingerprint density at radius 2 is 2.00 bits per heavy atom. The lowest BCUT2D eigenvalue weighted by atomic mass is 9.83. The molecule has 2 atom stereocenters. The molecule has 0 radical (unpaired) electrons. The molecule has 16 heavy (non-hydrogen) atoms. The smallest absolute Gasteiger partial charge is 0.0573 e. The molecule has 90 valence electrons. The maximum atomic E-state index is 9.69. The predicted octanol–water partition coefficient (Wildman–Crippen LogP) is 2.72. The number of hydrogen-bond acceptors (Lipinski definition) is 2. The first-order valence-electron chi connectivity index (χ1n) is 5.29. The predicted molar refractivity (Wildman–Crippen MR) is 69.3 cm³/mol. The highest BCUT2D eigenvalue weighted by atomic mass is 35.5. The highest BCUT2D eigenvalue weighted by Crippen LogP contribution is 2.30. The number of benzene rings is 1. The van der Waals surface area contributed by atoms with Gasteiger partial charge in [-0.25, -0.2) is 0 Å². The number of piperidine rings is 1. The van der Waals surface area contributed by atoms with E-state index < -0.39 is 0 Å². The molecule has 0 bridgehead atoms. The van der Waals surface area contributed by atoms with Crippen molar-refractivity contribution >= 4 is 24.0 Å². The fraction of sp³-hybridized carbons (Fsp3) is 0.500. The lowest BCUT2D eigenvalue weighted by Gasteiger charge is -2.38. The van der Waals surface area contributed by atoms with E-state index in [2.05, 4.69) is 12.2 Å². The summed E-state index contributed by atoms with van der Waals surface area (Å²) in [6.07, 6.45) is 1.39. The minimum Gasteiger partial charge on any atom is -0.393 e. The average molecular weight is 262 g/mol. The molecule has 0 amide bonds. The quantitative estimate of drug-likeness (QED) is 0.815. The van der Waals surface area contributed by atoms with E-state index in [-0.39, 0.29) is 24.0 Å². The molecule has 2 unspecified atom stereocenters. The van der Waals surface area contributed by atoms with Crippen molar-refractivity contribution in [3.8, 4) is 0 Å². The number of hydrogen-bond donors (Lipinski definition) is 2. The lowest BCUT2D eigenvalue weighted by molar-refractivity contribution is 0.0835. The highest BCUT2D eigenvalue weighted by molar-refractivity contribution is 6.30. The molecule has 2 N–H and O–H groups in total. The molecular weight excluding hydrogens is 245 g/mol. The fourth-order valence-electron chi connectivity index (χ4n) is 2.20. The zero-order chi connectivity index (χ0) is 10.9. The first kappa shape index (κ1) is 13.8.